The molecule has 1 fully saturated rings. The van der Waals surface area contributed by atoms with Crippen molar-refractivity contribution in [2.45, 2.75) is 26.7 Å². The van der Waals surface area contributed by atoms with Crippen molar-refractivity contribution in [2.24, 2.45) is 5.92 Å². The average Bonchev–Trinajstić information content (AvgIpc) is 2.91. The number of hydrogen-bond donors (Lipinski definition) is 1. The number of benzene rings is 1. The highest BCUT2D eigenvalue weighted by atomic mass is 16.5. The lowest BCUT2D eigenvalue weighted by atomic mass is 10.1. The molecule has 1 N–H and O–H groups in total. The molecule has 1 saturated heterocycles. The van der Waals surface area contributed by atoms with E-state index < -0.39 is 11.9 Å². The van der Waals surface area contributed by atoms with E-state index in [-0.39, 0.29) is 12.3 Å². The third kappa shape index (κ3) is 3.97. The lowest BCUT2D eigenvalue weighted by molar-refractivity contribution is -0.141. The van der Waals surface area contributed by atoms with Crippen LogP contribution >= 0.6 is 0 Å². The predicted octanol–water partition coefficient (Wildman–Crippen LogP) is 2.01. The molecule has 1 atom stereocenters. The molecule has 1 aliphatic rings. The van der Waals surface area contributed by atoms with Crippen molar-refractivity contribution < 1.29 is 19.4 Å². The van der Waals surface area contributed by atoms with Crippen LogP contribution in [0.2, 0.25) is 0 Å². The molecule has 1 aromatic carbocycles. The second kappa shape index (κ2) is 6.61. The van der Waals surface area contributed by atoms with Gasteiger partial charge >= 0.3 is 5.97 Å². The highest BCUT2D eigenvalue weighted by molar-refractivity contribution is 5.78. The SMILES string of the molecule is Cc1ccc(OCCC(=O)N2CC[C@@H](C(=O)O)C2)c(C)c1. The summed E-state index contributed by atoms with van der Waals surface area (Å²) in [7, 11) is 0. The topological polar surface area (TPSA) is 66.8 Å². The van der Waals surface area contributed by atoms with Crippen molar-refractivity contribution in [3.05, 3.63) is 29.3 Å². The van der Waals surface area contributed by atoms with E-state index in [1.54, 1.807) is 4.90 Å². The minimum absolute atomic E-state index is 0.0384. The Morgan fingerprint density at radius 3 is 2.76 bits per heavy atom. The molecule has 5 nitrogen and oxygen atoms in total. The van der Waals surface area contributed by atoms with E-state index in [9.17, 15) is 9.59 Å². The summed E-state index contributed by atoms with van der Waals surface area (Å²) in [6.45, 7) is 5.16. The van der Waals surface area contributed by atoms with Gasteiger partial charge in [-0.25, -0.2) is 0 Å². The maximum atomic E-state index is 12.0. The van der Waals surface area contributed by atoms with Gasteiger partial charge in [-0.15, -0.1) is 0 Å². The minimum Gasteiger partial charge on any atom is -0.493 e. The van der Waals surface area contributed by atoms with Crippen molar-refractivity contribution in [2.75, 3.05) is 19.7 Å². The van der Waals surface area contributed by atoms with Gasteiger partial charge < -0.3 is 14.7 Å². The number of aryl methyl sites for hydroxylation is 2. The summed E-state index contributed by atoms with van der Waals surface area (Å²) < 4.78 is 5.63. The van der Waals surface area contributed by atoms with Crippen LogP contribution in [0.3, 0.4) is 0 Å². The third-order valence-corrected chi connectivity index (χ3v) is 3.79. The van der Waals surface area contributed by atoms with Crippen molar-refractivity contribution in [1.29, 1.82) is 0 Å². The summed E-state index contributed by atoms with van der Waals surface area (Å²) in [5.74, 6) is -0.493. The second-order valence-electron chi connectivity index (χ2n) is 5.53. The number of ether oxygens (including phenoxy) is 1. The van der Waals surface area contributed by atoms with Crippen LogP contribution in [0.25, 0.3) is 0 Å². The smallest absolute Gasteiger partial charge is 0.308 e. The van der Waals surface area contributed by atoms with Crippen LogP contribution in [-0.2, 0) is 9.59 Å². The molecule has 0 radical (unpaired) electrons. The highest BCUT2D eigenvalue weighted by Crippen LogP contribution is 2.20. The molecule has 0 bridgehead atoms. The van der Waals surface area contributed by atoms with Gasteiger partial charge in [-0.05, 0) is 31.9 Å². The largest absolute Gasteiger partial charge is 0.493 e. The molecule has 114 valence electrons. The number of carboxylic acid groups (broad SMARTS) is 1. The number of nitrogens with zero attached hydrogens (tertiary/aromatic N) is 1. The molecule has 1 amide bonds. The zero-order valence-electron chi connectivity index (χ0n) is 12.5. The number of carbonyl (C=O) groups excluding carboxylic acids is 1. The molecular weight excluding hydrogens is 270 g/mol. The first-order valence-electron chi connectivity index (χ1n) is 7.18. The number of aliphatic carboxylic acids is 1. The Hall–Kier alpha value is -2.04. The summed E-state index contributed by atoms with van der Waals surface area (Å²) in [6.07, 6.45) is 0.818. The van der Waals surface area contributed by atoms with Gasteiger partial charge in [-0.3, -0.25) is 9.59 Å². The highest BCUT2D eigenvalue weighted by Gasteiger charge is 2.30. The fraction of sp³-hybridized carbons (Fsp3) is 0.500. The summed E-state index contributed by atoms with van der Waals surface area (Å²) in [5, 5.41) is 8.93. The van der Waals surface area contributed by atoms with E-state index in [1.165, 1.54) is 5.56 Å². The Kier molecular flexibility index (Phi) is 4.83. The quantitative estimate of drug-likeness (QED) is 0.901. The molecule has 21 heavy (non-hydrogen) atoms. The number of rotatable bonds is 5. The fourth-order valence-electron chi connectivity index (χ4n) is 2.56. The van der Waals surface area contributed by atoms with E-state index in [2.05, 4.69) is 0 Å². The molecular formula is C16H21NO4. The first-order valence-corrected chi connectivity index (χ1v) is 7.18. The Bertz CT molecular complexity index is 541. The fourth-order valence-corrected chi connectivity index (χ4v) is 2.56. The molecule has 5 heteroatoms. The van der Waals surface area contributed by atoms with Gasteiger partial charge in [0.15, 0.2) is 0 Å². The van der Waals surface area contributed by atoms with Gasteiger partial charge in [0.1, 0.15) is 5.75 Å². The van der Waals surface area contributed by atoms with Gasteiger partial charge in [-0.2, -0.15) is 0 Å². The summed E-state index contributed by atoms with van der Waals surface area (Å²) in [5.41, 5.74) is 2.22. The molecule has 0 unspecified atom stereocenters. The van der Waals surface area contributed by atoms with E-state index in [4.69, 9.17) is 9.84 Å². The normalized spacial score (nSPS) is 17.8. The van der Waals surface area contributed by atoms with Gasteiger partial charge in [0, 0.05) is 13.1 Å². The average molecular weight is 291 g/mol. The van der Waals surface area contributed by atoms with Crippen molar-refractivity contribution in [1.82, 2.24) is 4.90 Å². The number of carbonyl (C=O) groups is 2. The number of hydrogen-bond acceptors (Lipinski definition) is 3. The van der Waals surface area contributed by atoms with Crippen LogP contribution in [0.4, 0.5) is 0 Å². The number of carboxylic acids is 1. The van der Waals surface area contributed by atoms with E-state index in [1.807, 2.05) is 32.0 Å². The Labute approximate surface area is 124 Å². The second-order valence-corrected chi connectivity index (χ2v) is 5.53. The Balaban J connectivity index is 1.78. The van der Waals surface area contributed by atoms with E-state index in [0.717, 1.165) is 11.3 Å². The van der Waals surface area contributed by atoms with Crippen LogP contribution in [0.5, 0.6) is 5.75 Å². The molecule has 1 aromatic rings. The summed E-state index contributed by atoms with van der Waals surface area (Å²) >= 11 is 0. The monoisotopic (exact) mass is 291 g/mol. The summed E-state index contributed by atoms with van der Waals surface area (Å²) in [4.78, 5) is 24.5. The first-order chi connectivity index (χ1) is 9.97. The standard InChI is InChI=1S/C16H21NO4/c1-11-3-4-14(12(2)9-11)21-8-6-15(18)17-7-5-13(10-17)16(19)20/h3-4,9,13H,5-8,10H2,1-2H3,(H,19,20)/t13-/m1/s1. The number of likely N-dealkylation sites (tertiary alicyclic amines) is 1. The summed E-state index contributed by atoms with van der Waals surface area (Å²) in [6, 6.07) is 5.92. The van der Waals surface area contributed by atoms with Crippen LogP contribution in [0, 0.1) is 19.8 Å². The van der Waals surface area contributed by atoms with Gasteiger partial charge in [-0.1, -0.05) is 17.7 Å². The molecule has 0 spiro atoms. The Morgan fingerprint density at radius 1 is 1.38 bits per heavy atom. The van der Waals surface area contributed by atoms with Crippen LogP contribution < -0.4 is 4.74 Å². The molecule has 1 aliphatic heterocycles. The predicted molar refractivity (Wildman–Crippen MR) is 78.4 cm³/mol. The molecule has 0 aliphatic carbocycles. The van der Waals surface area contributed by atoms with E-state index >= 15 is 0 Å². The van der Waals surface area contributed by atoms with Gasteiger partial charge in [0.25, 0.3) is 0 Å². The van der Waals surface area contributed by atoms with Crippen molar-refractivity contribution in [3.8, 4) is 5.75 Å². The maximum Gasteiger partial charge on any atom is 0.308 e. The number of amides is 1. The van der Waals surface area contributed by atoms with Crippen molar-refractivity contribution >= 4 is 11.9 Å². The maximum absolute atomic E-state index is 12.0. The molecule has 2 rings (SSSR count). The van der Waals surface area contributed by atoms with Crippen LogP contribution in [0.15, 0.2) is 18.2 Å². The lowest BCUT2D eigenvalue weighted by Crippen LogP contribution is -2.30. The zero-order chi connectivity index (χ0) is 15.4. The van der Waals surface area contributed by atoms with Crippen LogP contribution in [0.1, 0.15) is 24.0 Å². The lowest BCUT2D eigenvalue weighted by Gasteiger charge is -2.16. The van der Waals surface area contributed by atoms with E-state index in [0.29, 0.717) is 26.1 Å². The van der Waals surface area contributed by atoms with Gasteiger partial charge in [0.05, 0.1) is 18.9 Å². The molecule has 0 saturated carbocycles. The third-order valence-electron chi connectivity index (χ3n) is 3.79. The Morgan fingerprint density at radius 2 is 2.14 bits per heavy atom. The first kappa shape index (κ1) is 15.4. The van der Waals surface area contributed by atoms with Crippen molar-refractivity contribution in [3.63, 3.8) is 0 Å². The molecule has 1 heterocycles. The minimum atomic E-state index is -0.822. The van der Waals surface area contributed by atoms with Crippen LogP contribution in [-0.4, -0.2) is 41.6 Å². The zero-order valence-corrected chi connectivity index (χ0v) is 12.5. The molecule has 0 aromatic heterocycles. The van der Waals surface area contributed by atoms with Gasteiger partial charge in [0.2, 0.25) is 5.91 Å².